The van der Waals surface area contributed by atoms with Gasteiger partial charge in [0.2, 0.25) is 5.95 Å². The largest absolute Gasteiger partial charge is 0.433 e. The van der Waals surface area contributed by atoms with E-state index in [2.05, 4.69) is 20.6 Å². The maximum atomic E-state index is 12.7. The zero-order valence-corrected chi connectivity index (χ0v) is 14.0. The Morgan fingerprint density at radius 1 is 1.23 bits per heavy atom. The minimum absolute atomic E-state index is 0.0909. The van der Waals surface area contributed by atoms with E-state index in [0.29, 0.717) is 13.1 Å². The maximum absolute atomic E-state index is 12.7. The fourth-order valence-electron chi connectivity index (χ4n) is 2.68. The van der Waals surface area contributed by atoms with Crippen molar-refractivity contribution in [1.29, 1.82) is 0 Å². The van der Waals surface area contributed by atoms with Crippen LogP contribution in [0.1, 0.15) is 30.6 Å². The number of hydrogen-bond acceptors (Lipinski definition) is 4. The van der Waals surface area contributed by atoms with E-state index < -0.39 is 11.9 Å². The van der Waals surface area contributed by atoms with E-state index in [1.54, 1.807) is 11.8 Å². The second kappa shape index (κ2) is 7.19. The molecule has 1 aliphatic rings. The van der Waals surface area contributed by atoms with Gasteiger partial charge in [-0.2, -0.15) is 13.2 Å². The predicted octanol–water partition coefficient (Wildman–Crippen LogP) is 3.59. The average Bonchev–Trinajstić information content (AvgIpc) is 2.62. The van der Waals surface area contributed by atoms with Gasteiger partial charge < -0.3 is 10.6 Å². The molecule has 0 aliphatic carbocycles. The zero-order chi connectivity index (χ0) is 18.7. The fourth-order valence-corrected chi connectivity index (χ4v) is 2.68. The lowest BCUT2D eigenvalue weighted by Gasteiger charge is -2.27. The lowest BCUT2D eigenvalue weighted by Crippen LogP contribution is -2.46. The molecule has 2 heterocycles. The number of carbonyl (C=O) groups is 1. The highest BCUT2D eigenvalue weighted by molar-refractivity contribution is 5.92. The second-order valence-corrected chi connectivity index (χ2v) is 5.96. The third-order valence-electron chi connectivity index (χ3n) is 4.08. The van der Waals surface area contributed by atoms with Crippen LogP contribution in [0.3, 0.4) is 0 Å². The molecule has 2 aromatic rings. The van der Waals surface area contributed by atoms with Crippen LogP contribution in [0.25, 0.3) is 0 Å². The molecule has 2 amide bonds. The number of benzene rings is 1. The number of nitrogens with zero attached hydrogens (tertiary/aromatic N) is 3. The van der Waals surface area contributed by atoms with Gasteiger partial charge in [-0.05, 0) is 37.1 Å². The number of hydrogen-bond donors (Lipinski definition) is 2. The maximum Gasteiger partial charge on any atom is 0.433 e. The van der Waals surface area contributed by atoms with Crippen LogP contribution < -0.4 is 15.5 Å². The SMILES string of the molecule is CC(Nc1nccc(C(F)(F)F)n1)c1ccc(N2CCCNC2=O)cc1. The minimum Gasteiger partial charge on any atom is -0.348 e. The van der Waals surface area contributed by atoms with Gasteiger partial charge in [0.15, 0.2) is 0 Å². The van der Waals surface area contributed by atoms with Gasteiger partial charge in [-0.25, -0.2) is 14.8 Å². The highest BCUT2D eigenvalue weighted by Gasteiger charge is 2.32. The van der Waals surface area contributed by atoms with Crippen molar-refractivity contribution in [3.8, 4) is 0 Å². The quantitative estimate of drug-likeness (QED) is 0.869. The van der Waals surface area contributed by atoms with Crippen LogP contribution in [0, 0.1) is 0 Å². The summed E-state index contributed by atoms with van der Waals surface area (Å²) in [7, 11) is 0. The van der Waals surface area contributed by atoms with E-state index in [1.165, 1.54) is 0 Å². The molecule has 1 aromatic heterocycles. The Bertz CT molecular complexity index is 779. The first-order chi connectivity index (χ1) is 12.3. The first-order valence-corrected chi connectivity index (χ1v) is 8.17. The van der Waals surface area contributed by atoms with Crippen molar-refractivity contribution in [3.05, 3.63) is 47.8 Å². The van der Waals surface area contributed by atoms with E-state index in [1.807, 2.05) is 24.3 Å². The van der Waals surface area contributed by atoms with Crippen LogP contribution in [0.2, 0.25) is 0 Å². The summed E-state index contributed by atoms with van der Waals surface area (Å²) in [6.45, 7) is 3.12. The molecule has 2 N–H and O–H groups in total. The molecule has 6 nitrogen and oxygen atoms in total. The van der Waals surface area contributed by atoms with Crippen molar-refractivity contribution >= 4 is 17.7 Å². The second-order valence-electron chi connectivity index (χ2n) is 5.96. The smallest absolute Gasteiger partial charge is 0.348 e. The molecule has 26 heavy (non-hydrogen) atoms. The van der Waals surface area contributed by atoms with Crippen molar-refractivity contribution in [2.75, 3.05) is 23.3 Å². The minimum atomic E-state index is -4.51. The first kappa shape index (κ1) is 18.0. The summed E-state index contributed by atoms with van der Waals surface area (Å²) in [6.07, 6.45) is -2.57. The van der Waals surface area contributed by atoms with Crippen LogP contribution >= 0.6 is 0 Å². The Morgan fingerprint density at radius 2 is 1.96 bits per heavy atom. The Hall–Kier alpha value is -2.84. The molecule has 0 bridgehead atoms. The topological polar surface area (TPSA) is 70.2 Å². The average molecular weight is 365 g/mol. The summed E-state index contributed by atoms with van der Waals surface area (Å²) in [6, 6.07) is 7.66. The van der Waals surface area contributed by atoms with Crippen molar-refractivity contribution in [1.82, 2.24) is 15.3 Å². The van der Waals surface area contributed by atoms with E-state index in [-0.39, 0.29) is 18.0 Å². The monoisotopic (exact) mass is 365 g/mol. The van der Waals surface area contributed by atoms with Gasteiger partial charge >= 0.3 is 12.2 Å². The molecule has 0 spiro atoms. The number of alkyl halides is 3. The molecular formula is C17H18F3N5O. The van der Waals surface area contributed by atoms with Gasteiger partial charge in [0.1, 0.15) is 5.69 Å². The normalized spacial score (nSPS) is 16.2. The lowest BCUT2D eigenvalue weighted by atomic mass is 10.1. The number of nitrogens with one attached hydrogen (secondary N) is 2. The number of urea groups is 1. The predicted molar refractivity (Wildman–Crippen MR) is 90.9 cm³/mol. The van der Waals surface area contributed by atoms with Gasteiger partial charge in [-0.15, -0.1) is 0 Å². The molecule has 1 aliphatic heterocycles. The van der Waals surface area contributed by atoms with Gasteiger partial charge in [0, 0.05) is 25.0 Å². The van der Waals surface area contributed by atoms with E-state index in [0.717, 1.165) is 29.9 Å². The Kier molecular flexibility index (Phi) is 4.97. The molecule has 0 radical (unpaired) electrons. The third kappa shape index (κ3) is 4.04. The lowest BCUT2D eigenvalue weighted by molar-refractivity contribution is -0.141. The number of carbonyl (C=O) groups excluding carboxylic acids is 1. The van der Waals surface area contributed by atoms with Crippen LogP contribution in [-0.2, 0) is 6.18 Å². The van der Waals surface area contributed by atoms with Gasteiger partial charge in [-0.3, -0.25) is 4.90 Å². The number of aromatic nitrogens is 2. The van der Waals surface area contributed by atoms with E-state index in [9.17, 15) is 18.0 Å². The van der Waals surface area contributed by atoms with Crippen LogP contribution in [0.4, 0.5) is 29.6 Å². The molecule has 3 rings (SSSR count). The standard InChI is InChI=1S/C17H18F3N5O/c1-11(23-15-21-9-7-14(24-15)17(18,19)20)12-3-5-13(6-4-12)25-10-2-8-22-16(25)26/h3-7,9,11H,2,8,10H2,1H3,(H,22,26)(H,21,23,24). The summed E-state index contributed by atoms with van der Waals surface area (Å²) < 4.78 is 38.2. The highest BCUT2D eigenvalue weighted by atomic mass is 19.4. The zero-order valence-electron chi connectivity index (χ0n) is 14.0. The molecule has 1 fully saturated rings. The molecule has 1 aromatic carbocycles. The van der Waals surface area contributed by atoms with Crippen LogP contribution in [-0.4, -0.2) is 29.1 Å². The van der Waals surface area contributed by atoms with Crippen molar-refractivity contribution < 1.29 is 18.0 Å². The number of anilines is 2. The third-order valence-corrected chi connectivity index (χ3v) is 4.08. The van der Waals surface area contributed by atoms with Gasteiger partial charge in [0.25, 0.3) is 0 Å². The summed E-state index contributed by atoms with van der Waals surface area (Å²) in [5.41, 5.74) is 0.620. The molecule has 1 saturated heterocycles. The van der Waals surface area contributed by atoms with Crippen LogP contribution in [0.15, 0.2) is 36.5 Å². The summed E-state index contributed by atoms with van der Waals surface area (Å²) >= 11 is 0. The Balaban J connectivity index is 1.70. The summed E-state index contributed by atoms with van der Waals surface area (Å²) in [5.74, 6) is -0.0909. The first-order valence-electron chi connectivity index (χ1n) is 8.17. The Morgan fingerprint density at radius 3 is 2.62 bits per heavy atom. The molecular weight excluding hydrogens is 347 g/mol. The van der Waals surface area contributed by atoms with E-state index >= 15 is 0 Å². The molecule has 9 heteroatoms. The Labute approximate surface area is 148 Å². The molecule has 0 saturated carbocycles. The highest BCUT2D eigenvalue weighted by Crippen LogP contribution is 2.28. The summed E-state index contributed by atoms with van der Waals surface area (Å²) in [4.78, 5) is 20.9. The fraction of sp³-hybridized carbons (Fsp3) is 0.353. The molecule has 1 unspecified atom stereocenters. The summed E-state index contributed by atoms with van der Waals surface area (Å²) in [5, 5.41) is 5.65. The molecule has 1 atom stereocenters. The van der Waals surface area contributed by atoms with Gasteiger partial charge in [-0.1, -0.05) is 12.1 Å². The number of rotatable bonds is 4. The molecule has 138 valence electrons. The number of amides is 2. The van der Waals surface area contributed by atoms with Gasteiger partial charge in [0.05, 0.1) is 6.04 Å². The van der Waals surface area contributed by atoms with E-state index in [4.69, 9.17) is 0 Å². The van der Waals surface area contributed by atoms with Crippen molar-refractivity contribution in [3.63, 3.8) is 0 Å². The van der Waals surface area contributed by atoms with Crippen molar-refractivity contribution in [2.45, 2.75) is 25.6 Å². The van der Waals surface area contributed by atoms with Crippen LogP contribution in [0.5, 0.6) is 0 Å². The number of halogens is 3. The van der Waals surface area contributed by atoms with Crippen molar-refractivity contribution in [2.24, 2.45) is 0 Å².